The predicted molar refractivity (Wildman–Crippen MR) is 56.6 cm³/mol. The Morgan fingerprint density at radius 2 is 1.67 bits per heavy atom. The molecule has 0 saturated heterocycles. The second kappa shape index (κ2) is 4.18. The summed E-state index contributed by atoms with van der Waals surface area (Å²) >= 11 is 0. The fourth-order valence-electron chi connectivity index (χ4n) is 0.959. The molecule has 0 aromatic heterocycles. The number of carboxylic acid groups (broad SMARTS) is 1. The van der Waals surface area contributed by atoms with Gasteiger partial charge in [0.25, 0.3) is 0 Å². The predicted octanol–water partition coefficient (Wildman–Crippen LogP) is 1.15. The van der Waals surface area contributed by atoms with Gasteiger partial charge in [-0.15, -0.1) is 0 Å². The van der Waals surface area contributed by atoms with Gasteiger partial charge >= 0.3 is 6.09 Å². The molecule has 0 heterocycles. The van der Waals surface area contributed by atoms with Crippen LogP contribution in [0.25, 0.3) is 0 Å². The molecule has 7 heteroatoms. The van der Waals surface area contributed by atoms with Gasteiger partial charge in [-0.05, 0) is 24.3 Å². The first-order valence-electron chi connectivity index (χ1n) is 3.94. The number of rotatable bonds is 3. The standard InChI is InChI=1S/C8H10N2O4S/c1-15(13,14)10-7-4-2-6(3-5-7)9-8(11)12/h2-5,9-10H,1H3,(H,11,12). The van der Waals surface area contributed by atoms with E-state index in [-0.39, 0.29) is 0 Å². The second-order valence-electron chi connectivity index (χ2n) is 2.88. The summed E-state index contributed by atoms with van der Waals surface area (Å²) in [5.74, 6) is 0. The minimum atomic E-state index is -3.30. The minimum Gasteiger partial charge on any atom is -0.465 e. The smallest absolute Gasteiger partial charge is 0.409 e. The Kier molecular flexibility index (Phi) is 3.15. The molecule has 6 nitrogen and oxygen atoms in total. The number of amides is 1. The molecule has 0 saturated carbocycles. The van der Waals surface area contributed by atoms with Crippen molar-refractivity contribution in [3.8, 4) is 0 Å². The molecule has 15 heavy (non-hydrogen) atoms. The van der Waals surface area contributed by atoms with Crippen LogP contribution in [0.1, 0.15) is 0 Å². The van der Waals surface area contributed by atoms with Gasteiger partial charge in [0.2, 0.25) is 10.0 Å². The molecule has 0 fully saturated rings. The summed E-state index contributed by atoms with van der Waals surface area (Å²) in [6.07, 6.45) is -0.130. The van der Waals surface area contributed by atoms with Crippen molar-refractivity contribution in [3.63, 3.8) is 0 Å². The van der Waals surface area contributed by atoms with Crippen molar-refractivity contribution < 1.29 is 18.3 Å². The van der Waals surface area contributed by atoms with Crippen LogP contribution in [0.5, 0.6) is 0 Å². The molecule has 0 unspecified atom stereocenters. The maximum absolute atomic E-state index is 10.8. The van der Waals surface area contributed by atoms with Crippen molar-refractivity contribution in [3.05, 3.63) is 24.3 Å². The van der Waals surface area contributed by atoms with E-state index in [4.69, 9.17) is 5.11 Å². The van der Waals surface area contributed by atoms with Crippen molar-refractivity contribution >= 4 is 27.5 Å². The number of anilines is 2. The van der Waals surface area contributed by atoms with E-state index in [1.54, 1.807) is 0 Å². The third-order valence-corrected chi connectivity index (χ3v) is 2.05. The molecular formula is C8H10N2O4S. The van der Waals surface area contributed by atoms with Crippen LogP contribution >= 0.6 is 0 Å². The summed E-state index contributed by atoms with van der Waals surface area (Å²) in [4.78, 5) is 10.3. The number of hydrogen-bond donors (Lipinski definition) is 3. The highest BCUT2D eigenvalue weighted by atomic mass is 32.2. The summed E-state index contributed by atoms with van der Waals surface area (Å²) in [6.45, 7) is 0. The normalized spacial score (nSPS) is 10.7. The molecule has 0 aliphatic heterocycles. The number of carbonyl (C=O) groups is 1. The Balaban J connectivity index is 2.77. The van der Waals surface area contributed by atoms with Gasteiger partial charge in [0.05, 0.1) is 6.26 Å². The summed E-state index contributed by atoms with van der Waals surface area (Å²) in [5.41, 5.74) is 0.759. The minimum absolute atomic E-state index is 0.376. The molecule has 1 aromatic carbocycles. The lowest BCUT2D eigenvalue weighted by Gasteiger charge is -2.04. The topological polar surface area (TPSA) is 95.5 Å². The highest BCUT2D eigenvalue weighted by Crippen LogP contribution is 2.14. The highest BCUT2D eigenvalue weighted by Gasteiger charge is 2.02. The van der Waals surface area contributed by atoms with Gasteiger partial charge in [-0.3, -0.25) is 10.0 Å². The maximum atomic E-state index is 10.8. The van der Waals surface area contributed by atoms with E-state index in [0.29, 0.717) is 11.4 Å². The lowest BCUT2D eigenvalue weighted by molar-refractivity contribution is 0.209. The van der Waals surface area contributed by atoms with Crippen LogP contribution in [0, 0.1) is 0 Å². The first-order chi connectivity index (χ1) is 6.87. The molecule has 0 aliphatic carbocycles. The van der Waals surface area contributed by atoms with Crippen molar-refractivity contribution in [2.45, 2.75) is 0 Å². The fourth-order valence-corrected chi connectivity index (χ4v) is 1.52. The molecule has 1 aromatic rings. The van der Waals surface area contributed by atoms with Crippen LogP contribution in [-0.4, -0.2) is 25.9 Å². The maximum Gasteiger partial charge on any atom is 0.409 e. The van der Waals surface area contributed by atoms with E-state index in [0.717, 1.165) is 6.26 Å². The molecular weight excluding hydrogens is 220 g/mol. The third kappa shape index (κ3) is 4.32. The molecule has 3 N–H and O–H groups in total. The van der Waals surface area contributed by atoms with Crippen LogP contribution in [0.2, 0.25) is 0 Å². The number of benzene rings is 1. The molecule has 1 amide bonds. The lowest BCUT2D eigenvalue weighted by Crippen LogP contribution is -2.10. The van der Waals surface area contributed by atoms with Crippen LogP contribution < -0.4 is 10.0 Å². The Morgan fingerprint density at radius 3 is 2.07 bits per heavy atom. The van der Waals surface area contributed by atoms with E-state index < -0.39 is 16.1 Å². The molecule has 0 spiro atoms. The Morgan fingerprint density at radius 1 is 1.20 bits per heavy atom. The van der Waals surface area contributed by atoms with Gasteiger partial charge in [-0.2, -0.15) is 0 Å². The van der Waals surface area contributed by atoms with E-state index in [9.17, 15) is 13.2 Å². The number of sulfonamides is 1. The van der Waals surface area contributed by atoms with Gasteiger partial charge in [0, 0.05) is 11.4 Å². The SMILES string of the molecule is CS(=O)(=O)Nc1ccc(NC(=O)O)cc1. The van der Waals surface area contributed by atoms with Crippen LogP contribution in [0.3, 0.4) is 0 Å². The van der Waals surface area contributed by atoms with Crippen molar-refractivity contribution in [1.82, 2.24) is 0 Å². The third-order valence-electron chi connectivity index (χ3n) is 1.44. The largest absolute Gasteiger partial charge is 0.465 e. The molecule has 82 valence electrons. The van der Waals surface area contributed by atoms with Gasteiger partial charge in [0.1, 0.15) is 0 Å². The van der Waals surface area contributed by atoms with Gasteiger partial charge in [0.15, 0.2) is 0 Å². The Hall–Kier alpha value is -1.76. The zero-order valence-electron chi connectivity index (χ0n) is 7.89. The number of nitrogens with one attached hydrogen (secondary N) is 2. The summed E-state index contributed by atoms with van der Waals surface area (Å²) in [6, 6.07) is 5.85. The van der Waals surface area contributed by atoms with Crippen LogP contribution in [0.15, 0.2) is 24.3 Å². The monoisotopic (exact) mass is 230 g/mol. The van der Waals surface area contributed by atoms with Crippen LogP contribution in [-0.2, 0) is 10.0 Å². The molecule has 0 aliphatic rings. The Bertz CT molecular complexity index is 452. The number of hydrogen-bond acceptors (Lipinski definition) is 3. The van der Waals surface area contributed by atoms with Crippen molar-refractivity contribution in [2.75, 3.05) is 16.3 Å². The first-order valence-corrected chi connectivity index (χ1v) is 5.84. The molecule has 0 bridgehead atoms. The zero-order valence-corrected chi connectivity index (χ0v) is 8.71. The Labute approximate surface area is 87.0 Å². The summed E-state index contributed by atoms with van der Waals surface area (Å²) < 4.78 is 23.9. The molecule has 0 radical (unpaired) electrons. The summed E-state index contributed by atoms with van der Waals surface area (Å²) in [5, 5.41) is 10.5. The highest BCUT2D eigenvalue weighted by molar-refractivity contribution is 7.92. The van der Waals surface area contributed by atoms with Gasteiger partial charge < -0.3 is 5.11 Å². The average molecular weight is 230 g/mol. The van der Waals surface area contributed by atoms with Gasteiger partial charge in [-0.25, -0.2) is 13.2 Å². The quantitative estimate of drug-likeness (QED) is 0.725. The zero-order chi connectivity index (χ0) is 11.5. The van der Waals surface area contributed by atoms with E-state index in [2.05, 4.69) is 10.0 Å². The van der Waals surface area contributed by atoms with E-state index in [1.807, 2.05) is 0 Å². The summed E-state index contributed by atoms with van der Waals surface area (Å²) in [7, 11) is -3.30. The second-order valence-corrected chi connectivity index (χ2v) is 4.63. The lowest BCUT2D eigenvalue weighted by atomic mass is 10.3. The average Bonchev–Trinajstić information content (AvgIpc) is 2.05. The van der Waals surface area contributed by atoms with E-state index in [1.165, 1.54) is 24.3 Å². The van der Waals surface area contributed by atoms with E-state index >= 15 is 0 Å². The van der Waals surface area contributed by atoms with Gasteiger partial charge in [-0.1, -0.05) is 0 Å². The fraction of sp³-hybridized carbons (Fsp3) is 0.125. The van der Waals surface area contributed by atoms with Crippen molar-refractivity contribution in [1.29, 1.82) is 0 Å². The molecule has 1 rings (SSSR count). The molecule has 0 atom stereocenters. The van der Waals surface area contributed by atoms with Crippen LogP contribution in [0.4, 0.5) is 16.2 Å². The first kappa shape index (κ1) is 11.3. The van der Waals surface area contributed by atoms with Crippen molar-refractivity contribution in [2.24, 2.45) is 0 Å².